The molecular formula is C20H28IN5O. The Hall–Kier alpha value is -1.71. The van der Waals surface area contributed by atoms with Gasteiger partial charge in [-0.1, -0.05) is 30.3 Å². The van der Waals surface area contributed by atoms with Crippen LogP contribution in [0.15, 0.2) is 53.7 Å². The first-order valence-corrected chi connectivity index (χ1v) is 9.12. The van der Waals surface area contributed by atoms with Crippen molar-refractivity contribution in [3.05, 3.63) is 65.5 Å². The first-order valence-electron chi connectivity index (χ1n) is 9.12. The van der Waals surface area contributed by atoms with E-state index in [0.717, 1.165) is 51.5 Å². The molecule has 0 bridgehead atoms. The highest BCUT2D eigenvalue weighted by atomic mass is 127. The summed E-state index contributed by atoms with van der Waals surface area (Å²) >= 11 is 0. The lowest BCUT2D eigenvalue weighted by Gasteiger charge is -2.27. The molecule has 1 fully saturated rings. The van der Waals surface area contributed by atoms with Gasteiger partial charge < -0.3 is 15.8 Å². The molecule has 1 aromatic carbocycles. The van der Waals surface area contributed by atoms with Crippen LogP contribution in [0.5, 0.6) is 0 Å². The normalized spacial score (nSPS) is 15.2. The second-order valence-corrected chi connectivity index (χ2v) is 6.36. The van der Waals surface area contributed by atoms with Crippen molar-refractivity contribution in [3.63, 3.8) is 0 Å². The van der Waals surface area contributed by atoms with Crippen LogP contribution in [0.1, 0.15) is 16.8 Å². The smallest absolute Gasteiger partial charge is 0.188 e. The van der Waals surface area contributed by atoms with Crippen LogP contribution in [0.4, 0.5) is 0 Å². The minimum atomic E-state index is 0. The van der Waals surface area contributed by atoms with E-state index < -0.39 is 0 Å². The van der Waals surface area contributed by atoms with E-state index in [2.05, 4.69) is 44.5 Å². The SMILES string of the molecule is I.NC(=NCc1ccccc1CN1CCOCC1)NCCc1ccccn1. The lowest BCUT2D eigenvalue weighted by Crippen LogP contribution is -2.36. The van der Waals surface area contributed by atoms with Gasteiger partial charge in [0.15, 0.2) is 5.96 Å². The number of halogens is 1. The Bertz CT molecular complexity index is 705. The lowest BCUT2D eigenvalue weighted by atomic mass is 10.1. The van der Waals surface area contributed by atoms with Crippen LogP contribution in [-0.4, -0.2) is 48.7 Å². The third-order valence-corrected chi connectivity index (χ3v) is 4.45. The number of nitrogens with zero attached hydrogens (tertiary/aromatic N) is 3. The highest BCUT2D eigenvalue weighted by Crippen LogP contribution is 2.14. The molecule has 146 valence electrons. The molecule has 1 aliphatic heterocycles. The predicted octanol–water partition coefficient (Wildman–Crippen LogP) is 2.18. The number of aliphatic imine (C=N–C) groups is 1. The maximum atomic E-state index is 6.01. The van der Waals surface area contributed by atoms with Crippen molar-refractivity contribution in [2.24, 2.45) is 10.7 Å². The summed E-state index contributed by atoms with van der Waals surface area (Å²) < 4.78 is 5.42. The van der Waals surface area contributed by atoms with E-state index in [4.69, 9.17) is 10.5 Å². The van der Waals surface area contributed by atoms with Gasteiger partial charge in [-0.05, 0) is 23.3 Å². The van der Waals surface area contributed by atoms with Crippen LogP contribution in [0, 0.1) is 0 Å². The first kappa shape index (κ1) is 21.6. The molecule has 6 nitrogen and oxygen atoms in total. The molecule has 2 heterocycles. The van der Waals surface area contributed by atoms with Gasteiger partial charge in [-0.3, -0.25) is 9.88 Å². The van der Waals surface area contributed by atoms with Crippen molar-refractivity contribution in [2.75, 3.05) is 32.8 Å². The van der Waals surface area contributed by atoms with Gasteiger partial charge >= 0.3 is 0 Å². The van der Waals surface area contributed by atoms with Crippen molar-refractivity contribution < 1.29 is 4.74 Å². The summed E-state index contributed by atoms with van der Waals surface area (Å²) in [5, 5.41) is 3.16. The zero-order valence-electron chi connectivity index (χ0n) is 15.5. The van der Waals surface area contributed by atoms with Crippen molar-refractivity contribution in [2.45, 2.75) is 19.5 Å². The number of benzene rings is 1. The number of hydrogen-bond donors (Lipinski definition) is 2. The molecule has 0 atom stereocenters. The Morgan fingerprint density at radius 2 is 1.85 bits per heavy atom. The number of morpholine rings is 1. The number of guanidine groups is 1. The molecule has 3 N–H and O–H groups in total. The maximum Gasteiger partial charge on any atom is 0.188 e. The fraction of sp³-hybridized carbons (Fsp3) is 0.400. The Balaban J connectivity index is 0.00000261. The van der Waals surface area contributed by atoms with Crippen molar-refractivity contribution >= 4 is 29.9 Å². The van der Waals surface area contributed by atoms with Gasteiger partial charge in [0, 0.05) is 44.5 Å². The second kappa shape index (κ2) is 11.9. The number of rotatable bonds is 7. The molecule has 0 aliphatic carbocycles. The standard InChI is InChI=1S/C20H27N5O.HI/c21-20(23-10-8-19-7-3-4-9-22-19)24-15-17-5-1-2-6-18(17)16-25-11-13-26-14-12-25;/h1-7,9H,8,10-16H2,(H3,21,23,24);1H. The van der Waals surface area contributed by atoms with Crippen LogP contribution in [0.25, 0.3) is 0 Å². The quantitative estimate of drug-likeness (QED) is 0.360. The molecule has 2 aromatic rings. The zero-order chi connectivity index (χ0) is 18.0. The average molecular weight is 481 g/mol. The summed E-state index contributed by atoms with van der Waals surface area (Å²) in [7, 11) is 0. The number of aromatic nitrogens is 1. The van der Waals surface area contributed by atoms with Gasteiger partial charge in [-0.2, -0.15) is 0 Å². The van der Waals surface area contributed by atoms with Crippen molar-refractivity contribution in [3.8, 4) is 0 Å². The van der Waals surface area contributed by atoms with Crippen molar-refractivity contribution in [1.82, 2.24) is 15.2 Å². The highest BCUT2D eigenvalue weighted by molar-refractivity contribution is 14.0. The maximum absolute atomic E-state index is 6.01. The van der Waals surface area contributed by atoms with Gasteiger partial charge in [0.05, 0.1) is 19.8 Å². The molecular weight excluding hydrogens is 453 g/mol. The third-order valence-electron chi connectivity index (χ3n) is 4.45. The monoisotopic (exact) mass is 481 g/mol. The van der Waals surface area contributed by atoms with E-state index in [-0.39, 0.29) is 24.0 Å². The summed E-state index contributed by atoms with van der Waals surface area (Å²) in [5.74, 6) is 0.474. The van der Waals surface area contributed by atoms with E-state index in [1.807, 2.05) is 18.2 Å². The predicted molar refractivity (Wildman–Crippen MR) is 119 cm³/mol. The number of nitrogens with two attached hydrogens (primary N) is 1. The first-order chi connectivity index (χ1) is 12.8. The van der Waals surface area contributed by atoms with E-state index in [1.165, 1.54) is 11.1 Å². The molecule has 0 saturated carbocycles. The van der Waals surface area contributed by atoms with E-state index in [1.54, 1.807) is 6.20 Å². The Labute approximate surface area is 178 Å². The molecule has 0 amide bonds. The van der Waals surface area contributed by atoms with E-state index in [9.17, 15) is 0 Å². The van der Waals surface area contributed by atoms with Crippen LogP contribution >= 0.6 is 24.0 Å². The second-order valence-electron chi connectivity index (χ2n) is 6.36. The highest BCUT2D eigenvalue weighted by Gasteiger charge is 2.12. The lowest BCUT2D eigenvalue weighted by molar-refractivity contribution is 0.0341. The molecule has 0 spiro atoms. The number of nitrogens with one attached hydrogen (secondary N) is 1. The molecule has 27 heavy (non-hydrogen) atoms. The summed E-state index contributed by atoms with van der Waals surface area (Å²) in [6.45, 7) is 5.83. The molecule has 7 heteroatoms. The van der Waals surface area contributed by atoms with E-state index >= 15 is 0 Å². The van der Waals surface area contributed by atoms with Gasteiger partial charge in [0.1, 0.15) is 0 Å². The number of ether oxygens (including phenoxy) is 1. The van der Waals surface area contributed by atoms with Crippen LogP contribution in [0.3, 0.4) is 0 Å². The third kappa shape index (κ3) is 7.43. The van der Waals surface area contributed by atoms with Gasteiger partial charge in [-0.15, -0.1) is 24.0 Å². The fourth-order valence-corrected chi connectivity index (χ4v) is 2.96. The number of hydrogen-bond acceptors (Lipinski definition) is 4. The van der Waals surface area contributed by atoms with Crippen molar-refractivity contribution in [1.29, 1.82) is 0 Å². The minimum Gasteiger partial charge on any atom is -0.379 e. The van der Waals surface area contributed by atoms with Gasteiger partial charge in [0.25, 0.3) is 0 Å². The summed E-state index contributed by atoms with van der Waals surface area (Å²) in [4.78, 5) is 11.2. The Kier molecular flexibility index (Phi) is 9.51. The van der Waals surface area contributed by atoms with E-state index in [0.29, 0.717) is 12.5 Å². The molecule has 1 aromatic heterocycles. The van der Waals surface area contributed by atoms with Crippen LogP contribution in [0.2, 0.25) is 0 Å². The average Bonchev–Trinajstić information content (AvgIpc) is 2.69. The largest absolute Gasteiger partial charge is 0.379 e. The number of pyridine rings is 1. The molecule has 1 saturated heterocycles. The Morgan fingerprint density at radius 3 is 2.59 bits per heavy atom. The topological polar surface area (TPSA) is 75.8 Å². The molecule has 0 unspecified atom stereocenters. The molecule has 0 radical (unpaired) electrons. The van der Waals surface area contributed by atoms with Gasteiger partial charge in [0.2, 0.25) is 0 Å². The summed E-state index contributed by atoms with van der Waals surface area (Å²) in [5.41, 5.74) is 9.58. The minimum absolute atomic E-state index is 0. The Morgan fingerprint density at radius 1 is 1.11 bits per heavy atom. The summed E-state index contributed by atoms with van der Waals surface area (Å²) in [6, 6.07) is 14.4. The molecule has 1 aliphatic rings. The fourth-order valence-electron chi connectivity index (χ4n) is 2.96. The zero-order valence-corrected chi connectivity index (χ0v) is 17.8. The van der Waals surface area contributed by atoms with Crippen LogP contribution < -0.4 is 11.1 Å². The molecule has 3 rings (SSSR count). The van der Waals surface area contributed by atoms with Gasteiger partial charge in [-0.25, -0.2) is 4.99 Å². The van der Waals surface area contributed by atoms with Crippen LogP contribution in [-0.2, 0) is 24.2 Å². The summed E-state index contributed by atoms with van der Waals surface area (Å²) in [6.07, 6.45) is 2.63.